The summed E-state index contributed by atoms with van der Waals surface area (Å²) in [6.07, 6.45) is 8.01. The number of carbonyl (C=O) groups is 2. The van der Waals surface area contributed by atoms with Gasteiger partial charge in [-0.1, -0.05) is 11.6 Å². The van der Waals surface area contributed by atoms with E-state index in [0.29, 0.717) is 11.4 Å². The monoisotopic (exact) mass is 500 g/mol. The topological polar surface area (TPSA) is 83.6 Å². The van der Waals surface area contributed by atoms with Gasteiger partial charge in [0.05, 0.1) is 10.6 Å². The standard InChI is InChI=1S/C26H30ClFN4O3/c1-25(2,35-21-10-7-16(28)15-20(21)27)24(34)31-26-12-3-5-18(11-13-26)32(26)22-19(6-4-14-29-22)23(33)30-17-8-9-17/h4,6-7,10,14-15,17-18H,3,5,8-9,11-13H2,1-2H3,(H,30,33)(H,31,34). The maximum Gasteiger partial charge on any atom is 0.265 e. The normalized spacial score (nSPS) is 23.7. The van der Waals surface area contributed by atoms with Gasteiger partial charge in [0.2, 0.25) is 0 Å². The summed E-state index contributed by atoms with van der Waals surface area (Å²) >= 11 is 6.13. The smallest absolute Gasteiger partial charge is 0.265 e. The first-order chi connectivity index (χ1) is 16.7. The molecule has 2 unspecified atom stereocenters. The van der Waals surface area contributed by atoms with Crippen molar-refractivity contribution in [2.24, 2.45) is 0 Å². The fraction of sp³-hybridized carbons (Fsp3) is 0.500. The number of nitrogens with one attached hydrogen (secondary N) is 2. The lowest BCUT2D eigenvalue weighted by atomic mass is 9.94. The average Bonchev–Trinajstić information content (AvgIpc) is 3.60. The number of halogens is 2. The number of hydrogen-bond acceptors (Lipinski definition) is 5. The molecule has 2 atom stereocenters. The van der Waals surface area contributed by atoms with Crippen LogP contribution in [0.1, 0.15) is 69.2 Å². The Morgan fingerprint density at radius 3 is 2.74 bits per heavy atom. The molecule has 2 amide bonds. The largest absolute Gasteiger partial charge is 0.476 e. The molecule has 2 aliphatic heterocycles. The fourth-order valence-electron chi connectivity index (χ4n) is 5.21. The number of ether oxygens (including phenoxy) is 1. The van der Waals surface area contributed by atoms with Gasteiger partial charge in [-0.05, 0) is 89.1 Å². The molecule has 1 saturated carbocycles. The third kappa shape index (κ3) is 4.68. The highest BCUT2D eigenvalue weighted by Gasteiger charge is 2.52. The van der Waals surface area contributed by atoms with Gasteiger partial charge >= 0.3 is 0 Å². The van der Waals surface area contributed by atoms with Gasteiger partial charge in [0.1, 0.15) is 23.0 Å². The van der Waals surface area contributed by atoms with Crippen LogP contribution in [-0.2, 0) is 4.79 Å². The molecule has 1 aliphatic carbocycles. The van der Waals surface area contributed by atoms with Crippen molar-refractivity contribution in [1.82, 2.24) is 15.6 Å². The second-order valence-corrected chi connectivity index (χ2v) is 10.7. The molecular weight excluding hydrogens is 471 g/mol. The summed E-state index contributed by atoms with van der Waals surface area (Å²) in [7, 11) is 0. The zero-order valence-electron chi connectivity index (χ0n) is 19.9. The second-order valence-electron chi connectivity index (χ2n) is 10.2. The molecule has 3 aliphatic rings. The number of nitrogens with zero attached hydrogens (tertiary/aromatic N) is 2. The number of fused-ring (bicyclic) bond motifs is 2. The lowest BCUT2D eigenvalue weighted by Gasteiger charge is -2.47. The molecule has 5 rings (SSSR count). The van der Waals surface area contributed by atoms with Gasteiger partial charge in [-0.25, -0.2) is 9.37 Å². The van der Waals surface area contributed by atoms with Crippen molar-refractivity contribution in [1.29, 1.82) is 0 Å². The number of rotatable bonds is 7. The molecule has 0 spiro atoms. The van der Waals surface area contributed by atoms with E-state index in [0.717, 1.165) is 51.0 Å². The summed E-state index contributed by atoms with van der Waals surface area (Å²) in [6, 6.07) is 7.80. The van der Waals surface area contributed by atoms with E-state index >= 15 is 0 Å². The van der Waals surface area contributed by atoms with Gasteiger partial charge in [0.25, 0.3) is 11.8 Å². The Bertz CT molecular complexity index is 1150. The molecule has 3 fully saturated rings. The minimum Gasteiger partial charge on any atom is -0.476 e. The minimum atomic E-state index is -1.27. The minimum absolute atomic E-state index is 0.101. The molecule has 2 aromatic rings. The molecule has 3 heterocycles. The molecule has 2 N–H and O–H groups in total. The zero-order chi connectivity index (χ0) is 24.8. The van der Waals surface area contributed by atoms with Crippen LogP contribution < -0.4 is 20.3 Å². The molecule has 9 heteroatoms. The van der Waals surface area contributed by atoms with E-state index in [-0.39, 0.29) is 34.7 Å². The zero-order valence-corrected chi connectivity index (χ0v) is 20.7. The number of anilines is 1. The molecule has 186 valence electrons. The van der Waals surface area contributed by atoms with Crippen LogP contribution in [-0.4, -0.2) is 40.1 Å². The Morgan fingerprint density at radius 1 is 1.20 bits per heavy atom. The van der Waals surface area contributed by atoms with Crippen LogP contribution >= 0.6 is 11.6 Å². The third-order valence-corrected chi connectivity index (χ3v) is 7.46. The van der Waals surface area contributed by atoms with Crippen molar-refractivity contribution in [2.45, 2.75) is 82.1 Å². The maximum atomic E-state index is 13.6. The molecule has 0 radical (unpaired) electrons. The summed E-state index contributed by atoms with van der Waals surface area (Å²) in [5.74, 6) is -0.0787. The number of hydrogen-bond donors (Lipinski definition) is 2. The van der Waals surface area contributed by atoms with E-state index < -0.39 is 17.1 Å². The lowest BCUT2D eigenvalue weighted by Crippen LogP contribution is -2.65. The number of piperidine rings is 1. The predicted octanol–water partition coefficient (Wildman–Crippen LogP) is 4.59. The van der Waals surface area contributed by atoms with Crippen LogP contribution in [0.3, 0.4) is 0 Å². The van der Waals surface area contributed by atoms with E-state index in [1.54, 1.807) is 32.2 Å². The van der Waals surface area contributed by atoms with Crippen molar-refractivity contribution in [3.63, 3.8) is 0 Å². The summed E-state index contributed by atoms with van der Waals surface area (Å²) in [4.78, 5) is 33.4. The Morgan fingerprint density at radius 2 is 2.00 bits per heavy atom. The van der Waals surface area contributed by atoms with Crippen LogP contribution in [0.2, 0.25) is 5.02 Å². The Hall–Kier alpha value is -2.87. The molecular formula is C26H30ClFN4O3. The van der Waals surface area contributed by atoms with E-state index in [1.165, 1.54) is 12.1 Å². The predicted molar refractivity (Wildman–Crippen MR) is 131 cm³/mol. The Balaban J connectivity index is 1.41. The summed E-state index contributed by atoms with van der Waals surface area (Å²) in [5.41, 5.74) is -1.41. The van der Waals surface area contributed by atoms with Crippen molar-refractivity contribution in [2.75, 3.05) is 4.90 Å². The van der Waals surface area contributed by atoms with Crippen molar-refractivity contribution in [3.8, 4) is 5.75 Å². The molecule has 7 nitrogen and oxygen atoms in total. The van der Waals surface area contributed by atoms with Crippen molar-refractivity contribution < 1.29 is 18.7 Å². The molecule has 2 saturated heterocycles. The van der Waals surface area contributed by atoms with Gasteiger partial charge in [0, 0.05) is 18.3 Å². The number of aromatic nitrogens is 1. The number of carbonyl (C=O) groups excluding carboxylic acids is 2. The van der Waals surface area contributed by atoms with E-state index in [1.807, 2.05) is 0 Å². The van der Waals surface area contributed by atoms with Crippen LogP contribution in [0, 0.1) is 5.82 Å². The first-order valence-corrected chi connectivity index (χ1v) is 12.6. The Labute approximate surface area is 209 Å². The quantitative estimate of drug-likeness (QED) is 0.581. The highest BCUT2D eigenvalue weighted by molar-refractivity contribution is 6.32. The SMILES string of the molecule is CC(C)(Oc1ccc(F)cc1Cl)C(=O)NC12CCCC(CC1)N2c1ncccc1C(=O)NC1CC1. The molecule has 2 bridgehead atoms. The van der Waals surface area contributed by atoms with Crippen molar-refractivity contribution >= 4 is 29.2 Å². The van der Waals surface area contributed by atoms with Gasteiger partial charge < -0.3 is 20.3 Å². The number of amides is 2. The Kier molecular flexibility index (Phi) is 6.11. The first-order valence-electron chi connectivity index (χ1n) is 12.2. The van der Waals surface area contributed by atoms with Crippen LogP contribution in [0.15, 0.2) is 36.5 Å². The summed E-state index contributed by atoms with van der Waals surface area (Å²) < 4.78 is 19.4. The molecule has 35 heavy (non-hydrogen) atoms. The second kappa shape index (κ2) is 8.97. The van der Waals surface area contributed by atoms with Crippen molar-refractivity contribution in [3.05, 3.63) is 52.9 Å². The molecule has 1 aromatic heterocycles. The first kappa shape index (κ1) is 23.9. The average molecular weight is 501 g/mol. The summed E-state index contributed by atoms with van der Waals surface area (Å²) in [6.45, 7) is 3.32. The van der Waals surface area contributed by atoms with Gasteiger partial charge in [-0.2, -0.15) is 0 Å². The number of pyridine rings is 1. The van der Waals surface area contributed by atoms with Crippen LogP contribution in [0.5, 0.6) is 5.75 Å². The fourth-order valence-corrected chi connectivity index (χ4v) is 5.42. The highest BCUT2D eigenvalue weighted by Crippen LogP contribution is 2.46. The van der Waals surface area contributed by atoms with Gasteiger partial charge in [0.15, 0.2) is 5.60 Å². The third-order valence-electron chi connectivity index (χ3n) is 7.17. The van der Waals surface area contributed by atoms with E-state index in [4.69, 9.17) is 16.3 Å². The van der Waals surface area contributed by atoms with E-state index in [9.17, 15) is 14.0 Å². The van der Waals surface area contributed by atoms with E-state index in [2.05, 4.69) is 20.5 Å². The van der Waals surface area contributed by atoms with Crippen LogP contribution in [0.25, 0.3) is 0 Å². The van der Waals surface area contributed by atoms with Gasteiger partial charge in [-0.3, -0.25) is 9.59 Å². The lowest BCUT2D eigenvalue weighted by molar-refractivity contribution is -0.136. The van der Waals surface area contributed by atoms with Gasteiger partial charge in [-0.15, -0.1) is 0 Å². The summed E-state index contributed by atoms with van der Waals surface area (Å²) in [5, 5.41) is 6.42. The maximum absolute atomic E-state index is 13.6. The van der Waals surface area contributed by atoms with Crippen LogP contribution in [0.4, 0.5) is 10.2 Å². The highest BCUT2D eigenvalue weighted by atomic mass is 35.5. The molecule has 1 aromatic carbocycles. The number of benzene rings is 1.